The summed E-state index contributed by atoms with van der Waals surface area (Å²) >= 11 is 0. The second kappa shape index (κ2) is 5.41. The smallest absolute Gasteiger partial charge is 0.0628 e. The number of rotatable bonds is 5. The summed E-state index contributed by atoms with van der Waals surface area (Å²) in [5, 5.41) is 7.97. The molecule has 0 aliphatic rings. The Hall–Kier alpha value is -1.48. The summed E-state index contributed by atoms with van der Waals surface area (Å²) < 4.78 is 2.00. The van der Waals surface area contributed by atoms with Crippen molar-refractivity contribution in [1.29, 1.82) is 0 Å². The van der Waals surface area contributed by atoms with Crippen LogP contribution < -0.4 is 0 Å². The van der Waals surface area contributed by atoms with Gasteiger partial charge in [0.15, 0.2) is 0 Å². The molecule has 82 valence electrons. The van der Waals surface area contributed by atoms with Gasteiger partial charge >= 0.3 is 0 Å². The first-order chi connectivity index (χ1) is 7.20. The molecule has 1 aromatic heterocycles. The average Bonchev–Trinajstić information content (AvgIpc) is 2.49. The predicted molar refractivity (Wildman–Crippen MR) is 59.7 cm³/mol. The van der Waals surface area contributed by atoms with Gasteiger partial charge in [0.25, 0.3) is 0 Å². The van der Waals surface area contributed by atoms with Gasteiger partial charge in [0, 0.05) is 23.7 Å². The van der Waals surface area contributed by atoms with E-state index in [1.54, 1.807) is 0 Å². The molecule has 5 nitrogen and oxygen atoms in total. The van der Waals surface area contributed by atoms with E-state index in [-0.39, 0.29) is 0 Å². The van der Waals surface area contributed by atoms with Gasteiger partial charge in [-0.25, -0.2) is 0 Å². The molecule has 0 saturated carbocycles. The monoisotopic (exact) mass is 207 g/mol. The topological polar surface area (TPSA) is 66.6 Å². The van der Waals surface area contributed by atoms with Crippen LogP contribution in [-0.4, -0.2) is 16.3 Å². The molecule has 0 atom stereocenters. The van der Waals surface area contributed by atoms with E-state index in [0.717, 1.165) is 25.1 Å². The highest BCUT2D eigenvalue weighted by Crippen LogP contribution is 2.13. The summed E-state index contributed by atoms with van der Waals surface area (Å²) in [5.74, 6) is 0. The summed E-state index contributed by atoms with van der Waals surface area (Å²) in [6.45, 7) is 7.63. The molecular weight excluding hydrogens is 190 g/mol. The zero-order valence-corrected chi connectivity index (χ0v) is 9.56. The van der Waals surface area contributed by atoms with Crippen molar-refractivity contribution in [3.63, 3.8) is 0 Å². The standard InChI is InChI=1S/C10H17N5/c1-4-10-8(2)13-15(9(10)3)7-5-6-12-14-11/h4-7H2,1-3H3. The fraction of sp³-hybridized carbons (Fsp3) is 0.700. The van der Waals surface area contributed by atoms with Crippen molar-refractivity contribution in [2.45, 2.75) is 40.2 Å². The molecule has 0 N–H and O–H groups in total. The van der Waals surface area contributed by atoms with Gasteiger partial charge < -0.3 is 0 Å². The minimum Gasteiger partial charge on any atom is -0.269 e. The lowest BCUT2D eigenvalue weighted by atomic mass is 10.1. The molecule has 0 aliphatic heterocycles. The molecule has 0 aliphatic carbocycles. The second-order valence-electron chi connectivity index (χ2n) is 3.53. The maximum atomic E-state index is 8.14. The number of nitrogens with zero attached hydrogens (tertiary/aromatic N) is 5. The third-order valence-corrected chi connectivity index (χ3v) is 2.58. The van der Waals surface area contributed by atoms with Crippen LogP contribution in [-0.2, 0) is 13.0 Å². The maximum Gasteiger partial charge on any atom is 0.0628 e. The summed E-state index contributed by atoms with van der Waals surface area (Å²) in [6, 6.07) is 0. The van der Waals surface area contributed by atoms with E-state index >= 15 is 0 Å². The highest BCUT2D eigenvalue weighted by molar-refractivity contribution is 5.24. The third-order valence-electron chi connectivity index (χ3n) is 2.58. The number of aromatic nitrogens is 2. The first-order valence-electron chi connectivity index (χ1n) is 5.24. The van der Waals surface area contributed by atoms with Gasteiger partial charge in [0.1, 0.15) is 0 Å². The van der Waals surface area contributed by atoms with Crippen LogP contribution in [0.3, 0.4) is 0 Å². The van der Waals surface area contributed by atoms with Crippen molar-refractivity contribution in [3.8, 4) is 0 Å². The molecule has 1 heterocycles. The van der Waals surface area contributed by atoms with Crippen LogP contribution in [0.5, 0.6) is 0 Å². The molecular formula is C10H17N5. The average molecular weight is 207 g/mol. The SMILES string of the molecule is CCc1c(C)nn(CCCN=[N+]=[N-])c1C. The lowest BCUT2D eigenvalue weighted by molar-refractivity contribution is 0.566. The Morgan fingerprint density at radius 3 is 2.73 bits per heavy atom. The Morgan fingerprint density at radius 1 is 1.47 bits per heavy atom. The van der Waals surface area contributed by atoms with Gasteiger partial charge in [-0.3, -0.25) is 4.68 Å². The molecule has 0 unspecified atom stereocenters. The molecule has 1 rings (SSSR count). The first kappa shape index (κ1) is 11.6. The molecule has 0 aromatic carbocycles. The van der Waals surface area contributed by atoms with Crippen LogP contribution in [0.4, 0.5) is 0 Å². The Bertz CT molecular complexity index is 373. The van der Waals surface area contributed by atoms with Gasteiger partial charge in [0.05, 0.1) is 5.69 Å². The van der Waals surface area contributed by atoms with E-state index in [1.165, 1.54) is 11.3 Å². The summed E-state index contributed by atoms with van der Waals surface area (Å²) in [7, 11) is 0. The van der Waals surface area contributed by atoms with Crippen LogP contribution in [0.2, 0.25) is 0 Å². The van der Waals surface area contributed by atoms with E-state index in [2.05, 4.69) is 29.0 Å². The summed E-state index contributed by atoms with van der Waals surface area (Å²) in [6.07, 6.45) is 1.86. The van der Waals surface area contributed by atoms with Crippen molar-refractivity contribution in [1.82, 2.24) is 9.78 Å². The van der Waals surface area contributed by atoms with Crippen molar-refractivity contribution in [2.24, 2.45) is 5.11 Å². The van der Waals surface area contributed by atoms with Crippen molar-refractivity contribution in [3.05, 3.63) is 27.4 Å². The lowest BCUT2D eigenvalue weighted by Gasteiger charge is -2.02. The second-order valence-corrected chi connectivity index (χ2v) is 3.53. The third kappa shape index (κ3) is 2.73. The van der Waals surface area contributed by atoms with Crippen LogP contribution in [0.25, 0.3) is 10.4 Å². The first-order valence-corrected chi connectivity index (χ1v) is 5.24. The van der Waals surface area contributed by atoms with Gasteiger partial charge in [0.2, 0.25) is 0 Å². The van der Waals surface area contributed by atoms with E-state index in [0.29, 0.717) is 6.54 Å². The van der Waals surface area contributed by atoms with E-state index in [1.807, 2.05) is 11.6 Å². The van der Waals surface area contributed by atoms with Gasteiger partial charge in [-0.2, -0.15) is 5.10 Å². The van der Waals surface area contributed by atoms with Crippen molar-refractivity contribution in [2.75, 3.05) is 6.54 Å². The van der Waals surface area contributed by atoms with Crippen molar-refractivity contribution < 1.29 is 0 Å². The maximum absolute atomic E-state index is 8.14. The molecule has 0 radical (unpaired) electrons. The molecule has 0 saturated heterocycles. The van der Waals surface area contributed by atoms with Crippen LogP contribution in [0.1, 0.15) is 30.3 Å². The van der Waals surface area contributed by atoms with Crippen LogP contribution in [0.15, 0.2) is 5.11 Å². The normalized spacial score (nSPS) is 10.1. The Morgan fingerprint density at radius 2 is 2.20 bits per heavy atom. The largest absolute Gasteiger partial charge is 0.269 e. The molecule has 0 bridgehead atoms. The quantitative estimate of drug-likeness (QED) is 0.317. The van der Waals surface area contributed by atoms with Crippen LogP contribution >= 0.6 is 0 Å². The summed E-state index contributed by atoms with van der Waals surface area (Å²) in [4.78, 5) is 2.72. The highest BCUT2D eigenvalue weighted by Gasteiger charge is 2.08. The summed E-state index contributed by atoms with van der Waals surface area (Å²) in [5.41, 5.74) is 11.8. The Kier molecular flexibility index (Phi) is 4.18. The minimum atomic E-state index is 0.538. The lowest BCUT2D eigenvalue weighted by Crippen LogP contribution is -2.04. The van der Waals surface area contributed by atoms with Gasteiger partial charge in [-0.05, 0) is 37.8 Å². The molecule has 5 heteroatoms. The van der Waals surface area contributed by atoms with Gasteiger partial charge in [-0.1, -0.05) is 12.0 Å². The fourth-order valence-corrected chi connectivity index (χ4v) is 1.80. The highest BCUT2D eigenvalue weighted by atomic mass is 15.3. The van der Waals surface area contributed by atoms with E-state index in [9.17, 15) is 0 Å². The molecule has 0 amide bonds. The number of azide groups is 1. The number of aryl methyl sites for hydroxylation is 2. The zero-order valence-electron chi connectivity index (χ0n) is 9.56. The minimum absolute atomic E-state index is 0.538. The van der Waals surface area contributed by atoms with Crippen molar-refractivity contribution >= 4 is 0 Å². The Labute approximate surface area is 89.7 Å². The van der Waals surface area contributed by atoms with Crippen LogP contribution in [0, 0.1) is 13.8 Å². The van der Waals surface area contributed by atoms with E-state index in [4.69, 9.17) is 5.53 Å². The predicted octanol–water partition coefficient (Wildman–Crippen LogP) is 2.76. The molecule has 0 fully saturated rings. The van der Waals surface area contributed by atoms with Gasteiger partial charge in [-0.15, -0.1) is 0 Å². The molecule has 0 spiro atoms. The van der Waals surface area contributed by atoms with E-state index < -0.39 is 0 Å². The Balaban J connectivity index is 2.65. The molecule has 15 heavy (non-hydrogen) atoms. The fourth-order valence-electron chi connectivity index (χ4n) is 1.80. The number of hydrogen-bond donors (Lipinski definition) is 0. The molecule has 1 aromatic rings. The number of hydrogen-bond acceptors (Lipinski definition) is 2. The zero-order chi connectivity index (χ0) is 11.3.